The van der Waals surface area contributed by atoms with Gasteiger partial charge >= 0.3 is 6.03 Å². The molecular weight excluding hydrogens is 350 g/mol. The predicted molar refractivity (Wildman–Crippen MR) is 101 cm³/mol. The summed E-state index contributed by atoms with van der Waals surface area (Å²) in [6.45, 7) is 4.33. The first-order valence-corrected chi connectivity index (χ1v) is 10.6. The topological polar surface area (TPSA) is 78.5 Å². The molecule has 138 valence electrons. The van der Waals surface area contributed by atoms with Crippen LogP contribution in [-0.4, -0.2) is 32.8 Å². The van der Waals surface area contributed by atoms with Crippen molar-refractivity contribution in [2.75, 3.05) is 18.0 Å². The molecule has 0 saturated carbocycles. The van der Waals surface area contributed by atoms with Gasteiger partial charge in [0.25, 0.3) is 0 Å². The molecule has 1 aromatic carbocycles. The number of nitrogens with zero attached hydrogens (tertiary/aromatic N) is 1. The third-order valence-electron chi connectivity index (χ3n) is 5.53. The summed E-state index contributed by atoms with van der Waals surface area (Å²) in [6, 6.07) is 1.63. The lowest BCUT2D eigenvalue weighted by Crippen LogP contribution is -2.57. The lowest BCUT2D eigenvalue weighted by molar-refractivity contribution is 0.252. The van der Waals surface area contributed by atoms with E-state index in [1.807, 2.05) is 0 Å². The molecule has 1 aromatic rings. The first-order chi connectivity index (χ1) is 12.5. The number of urea groups is 1. The summed E-state index contributed by atoms with van der Waals surface area (Å²) >= 11 is 0. The summed E-state index contributed by atoms with van der Waals surface area (Å²) < 4.78 is 27.0. The number of aryl methyl sites for hydroxylation is 2. The molecule has 6 nitrogen and oxygen atoms in total. The zero-order valence-corrected chi connectivity index (χ0v) is 15.5. The molecule has 0 radical (unpaired) electrons. The van der Waals surface area contributed by atoms with Gasteiger partial charge in [-0.2, -0.15) is 0 Å². The molecule has 0 spiro atoms. The van der Waals surface area contributed by atoms with Crippen molar-refractivity contribution >= 4 is 21.7 Å². The molecule has 1 heterocycles. The van der Waals surface area contributed by atoms with E-state index in [-0.39, 0.29) is 0 Å². The fourth-order valence-corrected chi connectivity index (χ4v) is 5.31. The number of hydrogen-bond acceptors (Lipinski definition) is 4. The number of amides is 2. The Kier molecular flexibility index (Phi) is 4.39. The van der Waals surface area contributed by atoms with E-state index < -0.39 is 21.3 Å². The molecule has 0 aromatic heterocycles. The average molecular weight is 373 g/mol. The van der Waals surface area contributed by atoms with Crippen LogP contribution in [0.1, 0.15) is 35.1 Å². The molecular formula is C19H23N3O3S. The molecule has 2 amide bonds. The molecule has 1 saturated heterocycles. The summed E-state index contributed by atoms with van der Waals surface area (Å²) in [5.74, 6) is 0. The number of carbonyl (C=O) groups is 1. The van der Waals surface area contributed by atoms with Crippen LogP contribution in [0, 0.1) is 0 Å². The maximum Gasteiger partial charge on any atom is 0.340 e. The summed E-state index contributed by atoms with van der Waals surface area (Å²) in [5.41, 5.74) is 8.39. The van der Waals surface area contributed by atoms with Crippen LogP contribution in [0.2, 0.25) is 0 Å². The van der Waals surface area contributed by atoms with Gasteiger partial charge in [0.05, 0.1) is 11.9 Å². The molecule has 26 heavy (non-hydrogen) atoms. The Labute approximate surface area is 154 Å². The molecule has 3 aliphatic rings. The number of nitrogens with one attached hydrogen (secondary N) is 2. The van der Waals surface area contributed by atoms with E-state index in [1.54, 1.807) is 0 Å². The lowest BCUT2D eigenvalue weighted by atomic mass is 9.98. The van der Waals surface area contributed by atoms with Crippen molar-refractivity contribution in [1.29, 1.82) is 0 Å². The first-order valence-electron chi connectivity index (χ1n) is 9.09. The minimum Gasteiger partial charge on any atom is -0.314 e. The van der Waals surface area contributed by atoms with Crippen LogP contribution in [0.3, 0.4) is 0 Å². The van der Waals surface area contributed by atoms with Gasteiger partial charge in [-0.25, -0.2) is 17.9 Å². The average Bonchev–Trinajstić information content (AvgIpc) is 3.16. The molecule has 2 N–H and O–H groups in total. The van der Waals surface area contributed by atoms with Crippen molar-refractivity contribution in [3.63, 3.8) is 0 Å². The van der Waals surface area contributed by atoms with Crippen molar-refractivity contribution < 1.29 is 13.2 Å². The highest BCUT2D eigenvalue weighted by Crippen LogP contribution is 2.40. The van der Waals surface area contributed by atoms with Crippen molar-refractivity contribution in [3.8, 4) is 0 Å². The van der Waals surface area contributed by atoms with E-state index in [1.165, 1.54) is 22.2 Å². The van der Waals surface area contributed by atoms with Crippen LogP contribution in [-0.2, 0) is 35.7 Å². The maximum atomic E-state index is 12.9. The van der Waals surface area contributed by atoms with E-state index in [0.29, 0.717) is 13.1 Å². The van der Waals surface area contributed by atoms with Crippen molar-refractivity contribution in [2.24, 2.45) is 0 Å². The van der Waals surface area contributed by atoms with Gasteiger partial charge in [0.15, 0.2) is 0 Å². The largest absolute Gasteiger partial charge is 0.340 e. The first kappa shape index (κ1) is 17.3. The summed E-state index contributed by atoms with van der Waals surface area (Å²) in [6.07, 6.45) is 7.41. The molecule has 4 rings (SSSR count). The second kappa shape index (κ2) is 6.58. The highest BCUT2D eigenvalue weighted by molar-refractivity contribution is 7.90. The minimum absolute atomic E-state index is 0.371. The Hall–Kier alpha value is -2.08. The standard InChI is InChI=1S/C19H23N3O3S/c1-2-9-22(19(23)21-26(24,25)15-11-20-12-15)18-16-7-3-5-13(16)10-14-6-4-8-17(14)18/h9-10,15,20H,1,3-8,11-12H2,(H,21,23). The number of fused-ring (bicyclic) bond motifs is 2. The number of benzene rings is 1. The lowest BCUT2D eigenvalue weighted by Gasteiger charge is -2.29. The van der Waals surface area contributed by atoms with E-state index in [2.05, 4.69) is 28.4 Å². The zero-order valence-electron chi connectivity index (χ0n) is 14.7. The van der Waals surface area contributed by atoms with E-state index in [4.69, 9.17) is 0 Å². The van der Waals surface area contributed by atoms with Gasteiger partial charge < -0.3 is 5.32 Å². The Bertz CT molecular complexity index is 880. The van der Waals surface area contributed by atoms with Crippen molar-refractivity contribution in [3.05, 3.63) is 46.8 Å². The highest BCUT2D eigenvalue weighted by atomic mass is 32.2. The fourth-order valence-electron chi connectivity index (χ4n) is 4.13. The molecule has 1 aliphatic heterocycles. The smallest absolute Gasteiger partial charge is 0.314 e. The number of hydrogen-bond donors (Lipinski definition) is 2. The van der Waals surface area contributed by atoms with Crippen LogP contribution >= 0.6 is 0 Å². The van der Waals surface area contributed by atoms with Gasteiger partial charge in [-0.15, -0.1) is 5.73 Å². The number of anilines is 1. The molecule has 2 aliphatic carbocycles. The van der Waals surface area contributed by atoms with Gasteiger partial charge in [-0.3, -0.25) is 4.90 Å². The second-order valence-corrected chi connectivity index (χ2v) is 9.10. The Morgan fingerprint density at radius 3 is 2.31 bits per heavy atom. The zero-order chi connectivity index (χ0) is 18.3. The highest BCUT2D eigenvalue weighted by Gasteiger charge is 2.35. The Morgan fingerprint density at radius 2 is 1.81 bits per heavy atom. The van der Waals surface area contributed by atoms with Crippen LogP contribution in [0.25, 0.3) is 0 Å². The summed E-state index contributed by atoms with van der Waals surface area (Å²) in [5, 5.41) is 2.36. The van der Waals surface area contributed by atoms with Gasteiger partial charge in [-0.05, 0) is 60.8 Å². The minimum atomic E-state index is -3.69. The molecule has 0 atom stereocenters. The monoisotopic (exact) mass is 373 g/mol. The van der Waals surface area contributed by atoms with Crippen molar-refractivity contribution in [2.45, 2.75) is 43.8 Å². The molecule has 1 fully saturated rings. The van der Waals surface area contributed by atoms with Crippen LogP contribution in [0.15, 0.2) is 24.6 Å². The third kappa shape index (κ3) is 2.86. The number of rotatable bonds is 4. The second-order valence-electron chi connectivity index (χ2n) is 7.14. The fraction of sp³-hybridized carbons (Fsp3) is 0.474. The predicted octanol–water partition coefficient (Wildman–Crippen LogP) is 1.78. The summed E-state index contributed by atoms with van der Waals surface area (Å²) in [7, 11) is -3.69. The Balaban J connectivity index is 1.74. The van der Waals surface area contributed by atoms with E-state index in [0.717, 1.165) is 55.3 Å². The molecule has 0 bridgehead atoms. The Morgan fingerprint density at radius 1 is 1.19 bits per heavy atom. The van der Waals surface area contributed by atoms with Gasteiger partial charge in [0.1, 0.15) is 5.25 Å². The van der Waals surface area contributed by atoms with Gasteiger partial charge in [0, 0.05) is 13.1 Å². The van der Waals surface area contributed by atoms with Crippen LogP contribution < -0.4 is 14.9 Å². The third-order valence-corrected chi connectivity index (χ3v) is 7.20. The van der Waals surface area contributed by atoms with Crippen LogP contribution in [0.4, 0.5) is 10.5 Å². The molecule has 0 unspecified atom stereocenters. The van der Waals surface area contributed by atoms with Gasteiger partial charge in [0.2, 0.25) is 10.0 Å². The van der Waals surface area contributed by atoms with Crippen LogP contribution in [0.5, 0.6) is 0 Å². The van der Waals surface area contributed by atoms with Gasteiger partial charge in [-0.1, -0.05) is 12.6 Å². The maximum absolute atomic E-state index is 12.9. The normalized spacial score (nSPS) is 18.5. The number of carbonyl (C=O) groups excluding carboxylic acids is 1. The van der Waals surface area contributed by atoms with E-state index >= 15 is 0 Å². The SMILES string of the molecule is C=C=CN(C(=O)NS(=O)(=O)C1CNC1)c1c2c(cc3c1CCC3)CCC2. The van der Waals surface area contributed by atoms with E-state index in [9.17, 15) is 13.2 Å². The number of sulfonamides is 1. The van der Waals surface area contributed by atoms with Crippen molar-refractivity contribution in [1.82, 2.24) is 10.0 Å². The summed E-state index contributed by atoms with van der Waals surface area (Å²) in [4.78, 5) is 14.3. The quantitative estimate of drug-likeness (QED) is 0.789. The molecule has 7 heteroatoms.